The summed E-state index contributed by atoms with van der Waals surface area (Å²) in [6, 6.07) is 0.804. The molecule has 3 saturated carbocycles. The Bertz CT molecular complexity index is 473. The summed E-state index contributed by atoms with van der Waals surface area (Å²) >= 11 is 0. The first-order valence-corrected chi connectivity index (χ1v) is 11.1. The van der Waals surface area contributed by atoms with E-state index in [0.717, 1.165) is 38.5 Å². The van der Waals surface area contributed by atoms with Crippen LogP contribution in [0.1, 0.15) is 89.9 Å². The molecule has 4 heteroatoms. The molecule has 26 heavy (non-hydrogen) atoms. The molecule has 3 rings (SSSR count). The van der Waals surface area contributed by atoms with Gasteiger partial charge in [0.05, 0.1) is 0 Å². The first-order chi connectivity index (χ1) is 12.6. The van der Waals surface area contributed by atoms with Crippen LogP contribution in [0.2, 0.25) is 0 Å². The Morgan fingerprint density at radius 3 is 1.42 bits per heavy atom. The molecule has 0 saturated heterocycles. The number of amides is 2. The van der Waals surface area contributed by atoms with E-state index in [-0.39, 0.29) is 11.8 Å². The molecule has 148 valence electrons. The van der Waals surface area contributed by atoms with Gasteiger partial charge in [-0.25, -0.2) is 0 Å². The molecule has 0 aromatic heterocycles. The molecule has 3 aliphatic rings. The second-order valence-corrected chi connectivity index (χ2v) is 9.03. The van der Waals surface area contributed by atoms with E-state index in [9.17, 15) is 9.59 Å². The Morgan fingerprint density at radius 1 is 0.538 bits per heavy atom. The van der Waals surface area contributed by atoms with Gasteiger partial charge in [0, 0.05) is 38.0 Å². The lowest BCUT2D eigenvalue weighted by Gasteiger charge is -2.39. The highest BCUT2D eigenvalue weighted by Crippen LogP contribution is 2.32. The average molecular weight is 363 g/mol. The fraction of sp³-hybridized carbons (Fsp3) is 0.909. The monoisotopic (exact) mass is 362 g/mol. The Hall–Kier alpha value is -1.06. The van der Waals surface area contributed by atoms with E-state index in [1.807, 2.05) is 19.0 Å². The zero-order valence-corrected chi connectivity index (χ0v) is 16.9. The van der Waals surface area contributed by atoms with Crippen LogP contribution in [0.3, 0.4) is 0 Å². The number of hydrogen-bond acceptors (Lipinski definition) is 2. The lowest BCUT2D eigenvalue weighted by Crippen LogP contribution is -2.46. The highest BCUT2D eigenvalue weighted by molar-refractivity contribution is 5.80. The van der Waals surface area contributed by atoms with E-state index in [1.54, 1.807) is 0 Å². The minimum atomic E-state index is 0.177. The van der Waals surface area contributed by atoms with Gasteiger partial charge in [-0.15, -0.1) is 0 Å². The van der Waals surface area contributed by atoms with Gasteiger partial charge in [0.25, 0.3) is 0 Å². The second kappa shape index (κ2) is 9.23. The minimum Gasteiger partial charge on any atom is -0.343 e. The van der Waals surface area contributed by atoms with Crippen LogP contribution in [0.5, 0.6) is 0 Å². The van der Waals surface area contributed by atoms with Gasteiger partial charge in [-0.2, -0.15) is 0 Å². The van der Waals surface area contributed by atoms with Crippen molar-refractivity contribution in [3.63, 3.8) is 0 Å². The van der Waals surface area contributed by atoms with E-state index in [0.29, 0.717) is 23.9 Å². The van der Waals surface area contributed by atoms with Crippen molar-refractivity contribution in [2.24, 2.45) is 11.8 Å². The Kier molecular flexibility index (Phi) is 6.99. The van der Waals surface area contributed by atoms with Gasteiger partial charge in [-0.05, 0) is 51.4 Å². The first kappa shape index (κ1) is 19.7. The number of hydrogen-bond donors (Lipinski definition) is 0. The summed E-state index contributed by atoms with van der Waals surface area (Å²) in [5.74, 6) is 1.15. The van der Waals surface area contributed by atoms with Crippen LogP contribution in [0, 0.1) is 11.8 Å². The lowest BCUT2D eigenvalue weighted by atomic mass is 9.82. The van der Waals surface area contributed by atoms with Crippen LogP contribution in [-0.4, -0.2) is 47.8 Å². The molecule has 0 unspecified atom stereocenters. The molecule has 3 fully saturated rings. The molecular formula is C22H38N2O2. The van der Waals surface area contributed by atoms with E-state index in [1.165, 1.54) is 51.4 Å². The molecule has 2 amide bonds. The van der Waals surface area contributed by atoms with Gasteiger partial charge >= 0.3 is 0 Å². The van der Waals surface area contributed by atoms with Crippen LogP contribution in [0.4, 0.5) is 0 Å². The highest BCUT2D eigenvalue weighted by Gasteiger charge is 2.34. The van der Waals surface area contributed by atoms with Crippen LogP contribution in [0.15, 0.2) is 0 Å². The second-order valence-electron chi connectivity index (χ2n) is 9.03. The van der Waals surface area contributed by atoms with Crippen molar-refractivity contribution < 1.29 is 9.59 Å². The van der Waals surface area contributed by atoms with Crippen molar-refractivity contribution in [1.29, 1.82) is 0 Å². The third kappa shape index (κ3) is 4.61. The molecular weight excluding hydrogens is 324 g/mol. The summed E-state index contributed by atoms with van der Waals surface area (Å²) in [5, 5.41) is 0. The summed E-state index contributed by atoms with van der Waals surface area (Å²) in [7, 11) is 4.01. The standard InChI is InChI=1S/C22H38N2O2/c1-23(19-11-7-4-8-12-19)22(26)18-13-15-20(16-14-18)24(2)21(25)17-9-5-3-6-10-17/h17-20H,3-16H2,1-2H3. The van der Waals surface area contributed by atoms with Crippen molar-refractivity contribution in [2.75, 3.05) is 14.1 Å². The molecule has 0 atom stereocenters. The van der Waals surface area contributed by atoms with Gasteiger partial charge in [-0.1, -0.05) is 38.5 Å². The third-order valence-corrected chi connectivity index (χ3v) is 7.37. The van der Waals surface area contributed by atoms with E-state index < -0.39 is 0 Å². The summed E-state index contributed by atoms with van der Waals surface area (Å²) in [5.41, 5.74) is 0. The van der Waals surface area contributed by atoms with Crippen LogP contribution >= 0.6 is 0 Å². The third-order valence-electron chi connectivity index (χ3n) is 7.37. The Labute approximate surface area is 159 Å². The number of nitrogens with zero attached hydrogens (tertiary/aromatic N) is 2. The number of carbonyl (C=O) groups is 2. The van der Waals surface area contributed by atoms with E-state index in [4.69, 9.17) is 0 Å². The first-order valence-electron chi connectivity index (χ1n) is 11.1. The number of rotatable bonds is 4. The van der Waals surface area contributed by atoms with E-state index >= 15 is 0 Å². The molecule has 3 aliphatic carbocycles. The normalized spacial score (nSPS) is 28.5. The molecule has 0 aliphatic heterocycles. The molecule has 4 nitrogen and oxygen atoms in total. The summed E-state index contributed by atoms with van der Waals surface area (Å²) in [4.78, 5) is 29.8. The Morgan fingerprint density at radius 2 is 0.923 bits per heavy atom. The van der Waals surface area contributed by atoms with Crippen LogP contribution in [-0.2, 0) is 9.59 Å². The van der Waals surface area contributed by atoms with Gasteiger partial charge in [0.2, 0.25) is 11.8 Å². The SMILES string of the molecule is CN(C(=O)C1CCC(N(C)C(=O)C2CCCCC2)CC1)C1CCCCC1. The molecule has 0 aromatic carbocycles. The molecule has 0 heterocycles. The average Bonchev–Trinajstić information content (AvgIpc) is 2.73. The largest absolute Gasteiger partial charge is 0.343 e. The predicted molar refractivity (Wildman–Crippen MR) is 105 cm³/mol. The maximum Gasteiger partial charge on any atom is 0.225 e. The lowest BCUT2D eigenvalue weighted by molar-refractivity contribution is -0.140. The Balaban J connectivity index is 1.47. The minimum absolute atomic E-state index is 0.177. The van der Waals surface area contributed by atoms with Crippen molar-refractivity contribution in [2.45, 2.75) is 102 Å². The topological polar surface area (TPSA) is 40.6 Å². The molecule has 0 radical (unpaired) electrons. The smallest absolute Gasteiger partial charge is 0.225 e. The summed E-state index contributed by atoms with van der Waals surface area (Å²) in [6.45, 7) is 0. The summed E-state index contributed by atoms with van der Waals surface area (Å²) in [6.07, 6.45) is 15.9. The van der Waals surface area contributed by atoms with Gasteiger partial charge in [-0.3, -0.25) is 9.59 Å². The van der Waals surface area contributed by atoms with Crippen molar-refractivity contribution in [3.05, 3.63) is 0 Å². The molecule has 0 N–H and O–H groups in total. The van der Waals surface area contributed by atoms with Gasteiger partial charge in [0.15, 0.2) is 0 Å². The summed E-state index contributed by atoms with van der Waals surface area (Å²) < 4.78 is 0. The van der Waals surface area contributed by atoms with Crippen molar-refractivity contribution >= 4 is 11.8 Å². The fourth-order valence-corrected chi connectivity index (χ4v) is 5.46. The van der Waals surface area contributed by atoms with Gasteiger partial charge < -0.3 is 9.80 Å². The maximum absolute atomic E-state index is 12.9. The van der Waals surface area contributed by atoms with Crippen molar-refractivity contribution in [3.8, 4) is 0 Å². The van der Waals surface area contributed by atoms with Crippen LogP contribution < -0.4 is 0 Å². The highest BCUT2D eigenvalue weighted by atomic mass is 16.2. The quantitative estimate of drug-likeness (QED) is 0.745. The fourth-order valence-electron chi connectivity index (χ4n) is 5.46. The zero-order valence-electron chi connectivity index (χ0n) is 16.9. The molecule has 0 aromatic rings. The zero-order chi connectivity index (χ0) is 18.5. The molecule has 0 spiro atoms. The molecule has 0 bridgehead atoms. The van der Waals surface area contributed by atoms with Gasteiger partial charge in [0.1, 0.15) is 0 Å². The predicted octanol–water partition coefficient (Wildman–Crippen LogP) is 4.38. The van der Waals surface area contributed by atoms with Crippen molar-refractivity contribution in [1.82, 2.24) is 9.80 Å². The number of carbonyl (C=O) groups excluding carboxylic acids is 2. The maximum atomic E-state index is 12.9. The van der Waals surface area contributed by atoms with E-state index in [2.05, 4.69) is 4.90 Å². The van der Waals surface area contributed by atoms with Crippen LogP contribution in [0.25, 0.3) is 0 Å².